The van der Waals surface area contributed by atoms with Gasteiger partial charge in [-0.2, -0.15) is 13.2 Å². The number of hydrogen-bond donors (Lipinski definition) is 1. The van der Waals surface area contributed by atoms with E-state index in [2.05, 4.69) is 21.3 Å². The summed E-state index contributed by atoms with van der Waals surface area (Å²) in [5, 5.41) is 0. The lowest BCUT2D eigenvalue weighted by Gasteiger charge is -2.29. The van der Waals surface area contributed by atoms with Gasteiger partial charge in [-0.15, -0.1) is 11.3 Å². The van der Waals surface area contributed by atoms with Gasteiger partial charge in [-0.05, 0) is 24.3 Å². The Morgan fingerprint density at radius 2 is 1.73 bits per heavy atom. The molecule has 2 aromatic rings. The summed E-state index contributed by atoms with van der Waals surface area (Å²) in [7, 11) is 0.992. The SMILES string of the molecule is C[N+](C)(C)C[C@@H](CC(=O)OC(=O)C(F)(F)F)NS(=O)(=O)c1ccc(C#Cc2ccccc2)s1. The van der Waals surface area contributed by atoms with E-state index in [1.165, 1.54) is 12.1 Å². The number of alkyl halides is 3. The van der Waals surface area contributed by atoms with Gasteiger partial charge < -0.3 is 9.22 Å². The molecule has 1 N–H and O–H groups in total. The van der Waals surface area contributed by atoms with Crippen LogP contribution >= 0.6 is 11.3 Å². The molecule has 0 unspecified atom stereocenters. The summed E-state index contributed by atoms with van der Waals surface area (Å²) < 4.78 is 68.9. The first kappa shape index (κ1) is 26.5. The molecule has 0 saturated carbocycles. The molecule has 0 aliphatic carbocycles. The van der Waals surface area contributed by atoms with E-state index in [9.17, 15) is 31.2 Å². The molecule has 7 nitrogen and oxygen atoms in total. The number of sulfonamides is 1. The highest BCUT2D eigenvalue weighted by molar-refractivity contribution is 7.91. The van der Waals surface area contributed by atoms with Gasteiger partial charge in [0.2, 0.25) is 0 Å². The van der Waals surface area contributed by atoms with E-state index >= 15 is 0 Å². The molecule has 0 spiro atoms. The number of likely N-dealkylation sites (N-methyl/N-ethyl adjacent to an activating group) is 1. The molecule has 0 bridgehead atoms. The highest BCUT2D eigenvalue weighted by atomic mass is 32.2. The van der Waals surface area contributed by atoms with Crippen LogP contribution in [0.4, 0.5) is 13.2 Å². The minimum atomic E-state index is -5.33. The fourth-order valence-corrected chi connectivity index (χ4v) is 5.08. The second kappa shape index (κ2) is 10.5. The van der Waals surface area contributed by atoms with Crippen LogP contribution in [0.3, 0.4) is 0 Å². The van der Waals surface area contributed by atoms with E-state index in [0.29, 0.717) is 4.88 Å². The van der Waals surface area contributed by atoms with Crippen LogP contribution < -0.4 is 4.72 Å². The standard InChI is InChI=1S/C21H22F3N2O5S2/c1-26(2,3)14-16(13-18(27)31-20(28)21(22,23)24)25-33(29,30)19-12-11-17(32-19)10-9-15-7-5-4-6-8-15/h4-8,11-12,16,25H,13-14H2,1-3H3/q+1/t16-/m1/s1. The van der Waals surface area contributed by atoms with Crippen LogP contribution in [-0.4, -0.2) is 64.7 Å². The zero-order valence-electron chi connectivity index (χ0n) is 18.0. The molecule has 178 valence electrons. The van der Waals surface area contributed by atoms with E-state index in [0.717, 1.165) is 16.9 Å². The predicted octanol–water partition coefficient (Wildman–Crippen LogP) is 2.52. The lowest BCUT2D eigenvalue weighted by atomic mass is 10.2. The average Bonchev–Trinajstić information content (AvgIpc) is 3.14. The van der Waals surface area contributed by atoms with Gasteiger partial charge in [0.25, 0.3) is 10.0 Å². The number of nitrogens with one attached hydrogen (secondary N) is 1. The van der Waals surface area contributed by atoms with Crippen LogP contribution in [0.5, 0.6) is 0 Å². The molecule has 2 rings (SSSR count). The molecule has 1 aromatic carbocycles. The number of carbonyl (C=O) groups excluding carboxylic acids is 2. The molecular formula is C21H22F3N2O5S2+. The number of quaternary nitrogens is 1. The van der Waals surface area contributed by atoms with E-state index in [1.54, 1.807) is 33.3 Å². The largest absolute Gasteiger partial charge is 0.491 e. The van der Waals surface area contributed by atoms with Crippen molar-refractivity contribution in [2.24, 2.45) is 0 Å². The Morgan fingerprint density at radius 1 is 1.09 bits per heavy atom. The molecule has 0 saturated heterocycles. The van der Waals surface area contributed by atoms with Crippen molar-refractivity contribution in [3.63, 3.8) is 0 Å². The summed E-state index contributed by atoms with van der Waals surface area (Å²) in [5.74, 6) is 1.64. The van der Waals surface area contributed by atoms with Gasteiger partial charge in [-0.25, -0.2) is 17.9 Å². The molecular weight excluding hydrogens is 481 g/mol. The molecule has 0 fully saturated rings. The maximum Gasteiger partial charge on any atom is 0.491 e. The Hall–Kier alpha value is -2.72. The zero-order valence-corrected chi connectivity index (χ0v) is 19.6. The molecule has 33 heavy (non-hydrogen) atoms. The monoisotopic (exact) mass is 503 g/mol. The fourth-order valence-electron chi connectivity index (χ4n) is 2.67. The van der Waals surface area contributed by atoms with E-state index in [-0.39, 0.29) is 15.2 Å². The molecule has 0 amide bonds. The summed E-state index contributed by atoms with van der Waals surface area (Å²) in [5.41, 5.74) is 0.753. The van der Waals surface area contributed by atoms with Gasteiger partial charge in [0.05, 0.1) is 45.0 Å². The minimum absolute atomic E-state index is 0.0422. The van der Waals surface area contributed by atoms with Crippen molar-refractivity contribution < 1.29 is 40.4 Å². The number of esters is 2. The second-order valence-electron chi connectivity index (χ2n) is 7.99. The van der Waals surface area contributed by atoms with Crippen molar-refractivity contribution >= 4 is 33.3 Å². The number of benzene rings is 1. The van der Waals surface area contributed by atoms with Crippen molar-refractivity contribution in [3.05, 3.63) is 52.9 Å². The van der Waals surface area contributed by atoms with Crippen molar-refractivity contribution in [2.75, 3.05) is 27.7 Å². The van der Waals surface area contributed by atoms with Crippen LogP contribution in [0, 0.1) is 11.8 Å². The Morgan fingerprint density at radius 3 is 2.30 bits per heavy atom. The number of ether oxygens (including phenoxy) is 1. The van der Waals surface area contributed by atoms with Gasteiger partial charge in [-0.1, -0.05) is 30.0 Å². The van der Waals surface area contributed by atoms with Crippen molar-refractivity contribution in [1.82, 2.24) is 4.72 Å². The first-order valence-electron chi connectivity index (χ1n) is 9.47. The second-order valence-corrected chi connectivity index (χ2v) is 11.0. The molecule has 1 atom stereocenters. The highest BCUT2D eigenvalue weighted by Crippen LogP contribution is 2.22. The third kappa shape index (κ3) is 8.97. The minimum Gasteiger partial charge on any atom is -0.386 e. The molecule has 1 aromatic heterocycles. The summed E-state index contributed by atoms with van der Waals surface area (Å²) in [6.45, 7) is 0.0422. The van der Waals surface area contributed by atoms with Crippen LogP contribution in [0.1, 0.15) is 16.9 Å². The maximum atomic E-state index is 12.8. The number of hydrogen-bond acceptors (Lipinski definition) is 6. The third-order valence-corrected chi connectivity index (χ3v) is 6.90. The lowest BCUT2D eigenvalue weighted by molar-refractivity contribution is -0.871. The third-order valence-electron chi connectivity index (χ3n) is 3.89. The summed E-state index contributed by atoms with van der Waals surface area (Å²) >= 11 is 0.904. The van der Waals surface area contributed by atoms with E-state index < -0.39 is 40.6 Å². The Balaban J connectivity index is 2.16. The van der Waals surface area contributed by atoms with E-state index in [4.69, 9.17) is 0 Å². The Labute approximate surface area is 193 Å². The Kier molecular flexibility index (Phi) is 8.42. The highest BCUT2D eigenvalue weighted by Gasteiger charge is 2.43. The number of nitrogens with zero attached hydrogens (tertiary/aromatic N) is 1. The van der Waals surface area contributed by atoms with Gasteiger partial charge >= 0.3 is 18.1 Å². The van der Waals surface area contributed by atoms with Crippen LogP contribution in [0.25, 0.3) is 0 Å². The number of thiophene rings is 1. The zero-order chi connectivity index (χ0) is 24.9. The fraction of sp³-hybridized carbons (Fsp3) is 0.333. The number of rotatable bonds is 7. The van der Waals surface area contributed by atoms with Crippen LogP contribution in [-0.2, 0) is 24.3 Å². The van der Waals surface area contributed by atoms with E-state index in [1.807, 2.05) is 18.2 Å². The Bertz CT molecular complexity index is 1160. The molecule has 0 aliphatic heterocycles. The van der Waals surface area contributed by atoms with Gasteiger partial charge in [0.15, 0.2) is 0 Å². The maximum absolute atomic E-state index is 12.8. The van der Waals surface area contributed by atoms with Crippen molar-refractivity contribution in [2.45, 2.75) is 22.8 Å². The van der Waals surface area contributed by atoms with Crippen LogP contribution in [0.2, 0.25) is 0 Å². The van der Waals surface area contributed by atoms with Crippen molar-refractivity contribution in [1.29, 1.82) is 0 Å². The number of halogens is 3. The van der Waals surface area contributed by atoms with Gasteiger partial charge in [0, 0.05) is 5.56 Å². The summed E-state index contributed by atoms with van der Waals surface area (Å²) in [6, 6.07) is 10.8. The van der Waals surface area contributed by atoms with Gasteiger partial charge in [0.1, 0.15) is 4.21 Å². The first-order chi connectivity index (χ1) is 15.2. The molecule has 0 aliphatic rings. The summed E-state index contributed by atoms with van der Waals surface area (Å²) in [4.78, 5) is 23.2. The average molecular weight is 504 g/mol. The lowest BCUT2D eigenvalue weighted by Crippen LogP contribution is -2.49. The molecule has 1 heterocycles. The quantitative estimate of drug-likeness (QED) is 0.272. The predicted molar refractivity (Wildman–Crippen MR) is 116 cm³/mol. The summed E-state index contributed by atoms with van der Waals surface area (Å²) in [6.07, 6.45) is -6.10. The van der Waals surface area contributed by atoms with Crippen LogP contribution in [0.15, 0.2) is 46.7 Å². The molecule has 12 heteroatoms. The number of carbonyl (C=O) groups is 2. The van der Waals surface area contributed by atoms with Crippen molar-refractivity contribution in [3.8, 4) is 11.8 Å². The molecule has 0 radical (unpaired) electrons. The smallest absolute Gasteiger partial charge is 0.386 e. The van der Waals surface area contributed by atoms with Gasteiger partial charge in [-0.3, -0.25) is 4.79 Å². The topological polar surface area (TPSA) is 89.5 Å². The first-order valence-corrected chi connectivity index (χ1v) is 11.8. The normalized spacial score (nSPS) is 13.0.